The monoisotopic (exact) mass is 1550 g/mol. The maximum absolute atomic E-state index is 15.5. The van der Waals surface area contributed by atoms with Crippen LogP contribution in [-0.4, -0.2) is 226 Å². The molecule has 1 fully saturated rings. The number of aromatic amines is 1. The van der Waals surface area contributed by atoms with Gasteiger partial charge in [-0.3, -0.25) is 67.3 Å². The summed E-state index contributed by atoms with van der Waals surface area (Å²) in [4.78, 5) is 191. The predicted molar refractivity (Wildman–Crippen MR) is 399 cm³/mol. The molecule has 112 heavy (non-hydrogen) atoms. The smallest absolute Gasteiger partial charge is 0.305 e. The van der Waals surface area contributed by atoms with Gasteiger partial charge in [-0.05, 0) is 124 Å². The van der Waals surface area contributed by atoms with Gasteiger partial charge in [-0.15, -0.1) is 0 Å². The molecule has 7 rings (SSSR count). The number of nitrogens with one attached hydrogen (secondary N) is 10. The first kappa shape index (κ1) is 87.1. The molecule has 0 bridgehead atoms. The standard InChI is InChI=1S/C77H95FN14O20/c1-8-46-32-50(112-7)23-24-52(46)47-21-18-44(19-22-47)30-57(68(104)84-56(66(79)102)31-45-20-25-54(81-36-45)51-16-11-9-14-41(51)2)85-69(105)58(34-63(100)101)86-70(106)59(39-93)87-71(107)64(42(3)94)90-74(110)76(5,35-48-15-10-12-17-53(48)78)91-72(108)65(43(4)95)89-61(97)38-82-67(103)55(26-27-62(98)99)88-75(111)77(6)28-13-29-92(77)73(109)60(96)33-49-37-80-40-83-49/h9-12,14-25,32,36-37,40,42-43,55-60,64-65,93-96H,8,13,26-31,33-35,38-39H2,1-7H3,(H2,79,102)(H,80,83)(H,82,103)(H,84,104)(H,85,105)(H,86,106)(H,87,107)(H,88,111)(H,89,97)(H,90,110)(H,91,108)(H,98,99)(H,100,101)/t42-,43-,55+,56+,57+,58+,59+,60+,64+,65+,76+,77-/m1/s1. The van der Waals surface area contributed by atoms with Crippen LogP contribution in [0.25, 0.3) is 22.4 Å². The summed E-state index contributed by atoms with van der Waals surface area (Å²) in [6.07, 6.45) is -3.83. The summed E-state index contributed by atoms with van der Waals surface area (Å²) in [6, 6.07) is 15.2. The number of methoxy groups -OCH3 is 1. The van der Waals surface area contributed by atoms with Gasteiger partial charge in [-0.2, -0.15) is 0 Å². The Hall–Kier alpha value is -12.1. The highest BCUT2D eigenvalue weighted by atomic mass is 19.1. The second-order valence-corrected chi connectivity index (χ2v) is 27.7. The Balaban J connectivity index is 1.05. The number of halogens is 1. The number of rotatable bonds is 40. The number of amides is 11. The molecule has 600 valence electrons. The Morgan fingerprint density at radius 3 is 1.91 bits per heavy atom. The van der Waals surface area contributed by atoms with Gasteiger partial charge < -0.3 is 98.8 Å². The number of hydrogen-bond donors (Lipinski definition) is 17. The number of likely N-dealkylation sites (tertiary alicyclic amines) is 1. The molecule has 12 atom stereocenters. The van der Waals surface area contributed by atoms with Gasteiger partial charge in [-0.1, -0.05) is 85.8 Å². The van der Waals surface area contributed by atoms with E-state index < -0.39 is 193 Å². The van der Waals surface area contributed by atoms with Crippen LogP contribution in [0.3, 0.4) is 0 Å². The topological polar surface area (TPSA) is 532 Å². The van der Waals surface area contributed by atoms with Crippen LogP contribution >= 0.6 is 0 Å². The fourth-order valence-electron chi connectivity index (χ4n) is 12.7. The van der Waals surface area contributed by atoms with Gasteiger partial charge >= 0.3 is 11.9 Å². The van der Waals surface area contributed by atoms with Crippen LogP contribution < -0.4 is 58.3 Å². The van der Waals surface area contributed by atoms with Crippen LogP contribution in [0.2, 0.25) is 0 Å². The molecule has 0 spiro atoms. The number of aliphatic carboxylic acids is 2. The van der Waals surface area contributed by atoms with Crippen molar-refractivity contribution >= 4 is 76.9 Å². The number of ether oxygens (including phenoxy) is 1. The third-order valence-corrected chi connectivity index (χ3v) is 19.1. The summed E-state index contributed by atoms with van der Waals surface area (Å²) in [5, 5.41) is 83.9. The van der Waals surface area contributed by atoms with E-state index in [9.17, 15) is 93.0 Å². The summed E-state index contributed by atoms with van der Waals surface area (Å²) in [7, 11) is 1.54. The highest BCUT2D eigenvalue weighted by Gasteiger charge is 2.49. The summed E-state index contributed by atoms with van der Waals surface area (Å²) >= 11 is 0. The lowest BCUT2D eigenvalue weighted by Crippen LogP contribution is -2.67. The second-order valence-electron chi connectivity index (χ2n) is 27.7. The Morgan fingerprint density at radius 2 is 1.30 bits per heavy atom. The van der Waals surface area contributed by atoms with Crippen molar-refractivity contribution in [1.82, 2.24) is 67.7 Å². The summed E-state index contributed by atoms with van der Waals surface area (Å²) in [5.74, 6) is -16.1. The molecule has 4 aromatic carbocycles. The normalized spacial score (nSPS) is 16.4. The number of nitrogens with two attached hydrogens (primary N) is 1. The summed E-state index contributed by atoms with van der Waals surface area (Å²) in [5.41, 5.74) is 7.87. The van der Waals surface area contributed by atoms with Crippen LogP contribution in [0.1, 0.15) is 100 Å². The number of aromatic nitrogens is 3. The average molecular weight is 1560 g/mol. The van der Waals surface area contributed by atoms with Crippen LogP contribution in [0.5, 0.6) is 5.75 Å². The number of carboxylic acids is 2. The number of carbonyl (C=O) groups excluding carboxylic acids is 11. The molecule has 18 N–H and O–H groups in total. The summed E-state index contributed by atoms with van der Waals surface area (Å²) in [6.45, 7) is 6.10. The first-order valence-electron chi connectivity index (χ1n) is 36.0. The molecule has 0 saturated carbocycles. The maximum Gasteiger partial charge on any atom is 0.305 e. The number of pyridine rings is 1. The molecule has 6 aromatic rings. The van der Waals surface area contributed by atoms with Gasteiger partial charge in [0.25, 0.3) is 5.91 Å². The molecular formula is C77H95FN14O20. The third kappa shape index (κ3) is 23.7. The van der Waals surface area contributed by atoms with Gasteiger partial charge in [-0.25, -0.2) is 9.37 Å². The van der Waals surface area contributed by atoms with Crippen LogP contribution in [0.4, 0.5) is 4.39 Å². The molecule has 34 nitrogen and oxygen atoms in total. The Kier molecular flexibility index (Phi) is 31.2. The average Bonchev–Trinajstić information content (AvgIpc) is 1.55. The fraction of sp³-hybridized carbons (Fsp3) is 0.416. The number of hydrogen-bond acceptors (Lipinski definition) is 20. The lowest BCUT2D eigenvalue weighted by molar-refractivity contribution is -0.151. The highest BCUT2D eigenvalue weighted by molar-refractivity contribution is 6.01. The molecule has 0 unspecified atom stereocenters. The zero-order valence-electron chi connectivity index (χ0n) is 62.7. The number of aliphatic hydroxyl groups is 4. The number of H-pyrrole nitrogens is 1. The van der Waals surface area contributed by atoms with Crippen molar-refractivity contribution in [1.29, 1.82) is 0 Å². The minimum atomic E-state index is -2.44. The number of nitrogens with zero attached hydrogens (tertiary/aromatic N) is 3. The van der Waals surface area contributed by atoms with Crippen LogP contribution in [0.15, 0.2) is 122 Å². The molecule has 0 aliphatic carbocycles. The van der Waals surface area contributed by atoms with E-state index in [1.54, 1.807) is 49.6 Å². The van der Waals surface area contributed by atoms with E-state index in [0.29, 0.717) is 41.1 Å². The SMILES string of the molecule is CCc1cc(OC)ccc1-c1ccc(C[C@H](NC(=O)[C@H](CC(=O)O)NC(=O)[C@H](CO)NC(=O)[C@@H](NC(=O)[C@](C)(Cc2ccccc2F)NC(=O)[C@@H](NC(=O)CNC(=O)[C@H](CCC(=O)O)NC(=O)[C@@]2(C)CCCN2C(=O)[C@@H](O)Cc2c[nH]cn2)[C@@H](C)O)[C@@H](C)O)C(=O)N[C@@H](Cc2ccc(-c3ccccc3C)nc2)C(N)=O)cc1. The first-order chi connectivity index (χ1) is 53.1. The Morgan fingerprint density at radius 1 is 0.679 bits per heavy atom. The van der Waals surface area contributed by atoms with Crippen molar-refractivity contribution in [2.24, 2.45) is 5.73 Å². The predicted octanol–water partition coefficient (Wildman–Crippen LogP) is -0.867. The lowest BCUT2D eigenvalue weighted by atomic mass is 9.90. The van der Waals surface area contributed by atoms with Crippen molar-refractivity contribution in [2.75, 3.05) is 26.8 Å². The molecule has 35 heteroatoms. The fourth-order valence-corrected chi connectivity index (χ4v) is 12.7. The molecule has 1 saturated heterocycles. The minimum Gasteiger partial charge on any atom is -0.497 e. The third-order valence-electron chi connectivity index (χ3n) is 19.1. The van der Waals surface area contributed by atoms with Crippen molar-refractivity contribution in [2.45, 2.75) is 177 Å². The zero-order valence-corrected chi connectivity index (χ0v) is 62.7. The number of primary amides is 1. The van der Waals surface area contributed by atoms with E-state index in [0.717, 1.165) is 59.6 Å². The van der Waals surface area contributed by atoms with Crippen LogP contribution in [0, 0.1) is 12.7 Å². The van der Waals surface area contributed by atoms with E-state index in [2.05, 4.69) is 62.8 Å². The van der Waals surface area contributed by atoms with Gasteiger partial charge in [0.15, 0.2) is 0 Å². The second kappa shape index (κ2) is 40.0. The summed E-state index contributed by atoms with van der Waals surface area (Å²) < 4.78 is 20.9. The van der Waals surface area contributed by atoms with Crippen molar-refractivity contribution in [3.05, 3.63) is 161 Å². The Bertz CT molecular complexity index is 4380. The van der Waals surface area contributed by atoms with Gasteiger partial charge in [0, 0.05) is 56.6 Å². The number of imidazole rings is 1. The number of carboxylic acid groups (broad SMARTS) is 2. The molecule has 3 heterocycles. The minimum absolute atomic E-state index is 0.0371. The zero-order chi connectivity index (χ0) is 82.3. The van der Waals surface area contributed by atoms with E-state index >= 15 is 4.39 Å². The molecule has 1 aliphatic rings. The molecule has 11 amide bonds. The van der Waals surface area contributed by atoms with Crippen LogP contribution in [-0.2, 0) is 94.4 Å². The number of benzene rings is 4. The Labute approximate surface area is 643 Å². The number of carbonyl (C=O) groups is 13. The maximum atomic E-state index is 15.5. The van der Waals surface area contributed by atoms with E-state index in [4.69, 9.17) is 10.5 Å². The van der Waals surface area contributed by atoms with Crippen molar-refractivity contribution in [3.63, 3.8) is 0 Å². The van der Waals surface area contributed by atoms with Gasteiger partial charge in [0.2, 0.25) is 59.1 Å². The lowest BCUT2D eigenvalue weighted by Gasteiger charge is -2.36. The quantitative estimate of drug-likeness (QED) is 0.0222. The van der Waals surface area contributed by atoms with Crippen molar-refractivity contribution in [3.8, 4) is 28.1 Å². The first-order valence-corrected chi connectivity index (χ1v) is 36.0. The van der Waals surface area contributed by atoms with E-state index in [1.165, 1.54) is 43.8 Å². The van der Waals surface area contributed by atoms with Crippen molar-refractivity contribution < 1.29 is 102 Å². The molecule has 2 aromatic heterocycles. The highest BCUT2D eigenvalue weighted by Crippen LogP contribution is 2.32. The largest absolute Gasteiger partial charge is 0.497 e. The molecule has 1 aliphatic heterocycles. The molecule has 0 radical (unpaired) electrons. The van der Waals surface area contributed by atoms with E-state index in [1.807, 2.05) is 50.2 Å². The van der Waals surface area contributed by atoms with E-state index in [-0.39, 0.29) is 37.8 Å². The number of aliphatic hydroxyl groups excluding tert-OH is 4. The number of aryl methyl sites for hydroxylation is 2. The van der Waals surface area contributed by atoms with Gasteiger partial charge in [0.1, 0.15) is 71.0 Å². The van der Waals surface area contributed by atoms with Gasteiger partial charge in [0.05, 0.1) is 56.6 Å². The molecular weight excluding hydrogens is 1460 g/mol.